The quantitative estimate of drug-likeness (QED) is 0.885. The Morgan fingerprint density at radius 2 is 1.82 bits per heavy atom. The van der Waals surface area contributed by atoms with Crippen LogP contribution in [-0.2, 0) is 4.74 Å². The Morgan fingerprint density at radius 1 is 1.24 bits per heavy atom. The van der Waals surface area contributed by atoms with Gasteiger partial charge in [-0.3, -0.25) is 0 Å². The molecule has 2 unspecified atom stereocenters. The van der Waals surface area contributed by atoms with Crippen molar-refractivity contribution in [3.63, 3.8) is 0 Å². The van der Waals surface area contributed by atoms with Crippen molar-refractivity contribution in [3.05, 3.63) is 35.4 Å². The summed E-state index contributed by atoms with van der Waals surface area (Å²) in [7, 11) is 1.44. The Balaban J connectivity index is 3.10. The summed E-state index contributed by atoms with van der Waals surface area (Å²) in [5, 5.41) is 10.1. The van der Waals surface area contributed by atoms with Crippen LogP contribution in [0.15, 0.2) is 18.2 Å². The molecule has 1 aromatic carbocycles. The average Bonchev–Trinajstić information content (AvgIpc) is 2.20. The van der Waals surface area contributed by atoms with Crippen molar-refractivity contribution in [2.24, 2.45) is 5.41 Å². The van der Waals surface area contributed by atoms with Gasteiger partial charge in [-0.2, -0.15) is 0 Å². The normalized spacial score (nSPS) is 15.7. The van der Waals surface area contributed by atoms with Gasteiger partial charge >= 0.3 is 0 Å². The third-order valence-corrected chi connectivity index (χ3v) is 2.67. The number of benzene rings is 1. The fourth-order valence-electron chi connectivity index (χ4n) is 1.86. The van der Waals surface area contributed by atoms with Gasteiger partial charge in [-0.1, -0.05) is 20.8 Å². The van der Waals surface area contributed by atoms with Crippen molar-refractivity contribution in [1.29, 1.82) is 0 Å². The fraction of sp³-hybridized carbons (Fsp3) is 0.538. The SMILES string of the molecule is COC(C(O)c1cc(F)ccc1F)C(C)(C)C. The standard InChI is InChI=1S/C13H18F2O2/c1-13(2,3)12(17-4)11(16)9-7-8(14)5-6-10(9)15/h5-7,11-12,16H,1-4H3. The van der Waals surface area contributed by atoms with Gasteiger partial charge in [-0.05, 0) is 23.6 Å². The van der Waals surface area contributed by atoms with E-state index in [0.717, 1.165) is 18.2 Å². The highest BCUT2D eigenvalue weighted by molar-refractivity contribution is 5.22. The molecule has 0 heterocycles. The van der Waals surface area contributed by atoms with Crippen LogP contribution in [0.1, 0.15) is 32.4 Å². The molecule has 4 heteroatoms. The van der Waals surface area contributed by atoms with Gasteiger partial charge in [0.15, 0.2) is 0 Å². The third kappa shape index (κ3) is 3.23. The molecule has 0 aliphatic carbocycles. The molecule has 1 rings (SSSR count). The molecule has 0 amide bonds. The number of aliphatic hydroxyl groups excluding tert-OH is 1. The summed E-state index contributed by atoms with van der Waals surface area (Å²) in [6.45, 7) is 5.59. The Hall–Kier alpha value is -1.00. The van der Waals surface area contributed by atoms with Crippen LogP contribution < -0.4 is 0 Å². The van der Waals surface area contributed by atoms with Crippen molar-refractivity contribution in [3.8, 4) is 0 Å². The number of rotatable bonds is 3. The molecule has 1 aromatic rings. The predicted molar refractivity (Wildman–Crippen MR) is 61.6 cm³/mol. The highest BCUT2D eigenvalue weighted by Gasteiger charge is 2.33. The molecule has 0 aliphatic rings. The van der Waals surface area contributed by atoms with E-state index in [-0.39, 0.29) is 11.0 Å². The van der Waals surface area contributed by atoms with Crippen molar-refractivity contribution < 1.29 is 18.6 Å². The van der Waals surface area contributed by atoms with Crippen molar-refractivity contribution in [2.75, 3.05) is 7.11 Å². The summed E-state index contributed by atoms with van der Waals surface area (Å²) in [6, 6.07) is 3.02. The van der Waals surface area contributed by atoms with Crippen molar-refractivity contribution >= 4 is 0 Å². The van der Waals surface area contributed by atoms with Crippen molar-refractivity contribution in [1.82, 2.24) is 0 Å². The topological polar surface area (TPSA) is 29.5 Å². The molecule has 2 nitrogen and oxygen atoms in total. The first-order valence-corrected chi connectivity index (χ1v) is 5.43. The maximum atomic E-state index is 13.5. The minimum atomic E-state index is -1.20. The van der Waals surface area contributed by atoms with E-state index in [1.807, 2.05) is 20.8 Å². The van der Waals surface area contributed by atoms with Crippen LogP contribution in [0.3, 0.4) is 0 Å². The Morgan fingerprint density at radius 3 is 2.29 bits per heavy atom. The molecule has 2 atom stereocenters. The van der Waals surface area contributed by atoms with E-state index < -0.39 is 23.8 Å². The molecule has 0 aliphatic heterocycles. The Bertz CT molecular complexity index is 385. The summed E-state index contributed by atoms with van der Waals surface area (Å²) < 4.78 is 31.8. The van der Waals surface area contributed by atoms with Crippen LogP contribution in [0.5, 0.6) is 0 Å². The number of ether oxygens (including phenoxy) is 1. The molecular weight excluding hydrogens is 226 g/mol. The number of hydrogen-bond donors (Lipinski definition) is 1. The molecule has 0 saturated heterocycles. The third-order valence-electron chi connectivity index (χ3n) is 2.67. The number of hydrogen-bond acceptors (Lipinski definition) is 2. The lowest BCUT2D eigenvalue weighted by atomic mass is 9.83. The first kappa shape index (κ1) is 14.1. The van der Waals surface area contributed by atoms with Crippen LogP contribution in [-0.4, -0.2) is 18.3 Å². The second-order valence-electron chi connectivity index (χ2n) is 5.13. The van der Waals surface area contributed by atoms with Gasteiger partial charge in [0.05, 0.1) is 6.10 Å². The van der Waals surface area contributed by atoms with Crippen LogP contribution in [0.4, 0.5) is 8.78 Å². The summed E-state index contributed by atoms with van der Waals surface area (Å²) in [4.78, 5) is 0. The predicted octanol–water partition coefficient (Wildman–Crippen LogP) is 3.06. The molecule has 0 fully saturated rings. The average molecular weight is 244 g/mol. The van der Waals surface area contributed by atoms with E-state index in [2.05, 4.69) is 0 Å². The lowest BCUT2D eigenvalue weighted by Gasteiger charge is -2.33. The lowest BCUT2D eigenvalue weighted by Crippen LogP contribution is -2.34. The second kappa shape index (κ2) is 5.10. The molecular formula is C13H18F2O2. The lowest BCUT2D eigenvalue weighted by molar-refractivity contribution is -0.0736. The molecule has 0 spiro atoms. The highest BCUT2D eigenvalue weighted by Crippen LogP contribution is 2.33. The van der Waals surface area contributed by atoms with Gasteiger partial charge in [0.2, 0.25) is 0 Å². The van der Waals surface area contributed by atoms with E-state index in [0.29, 0.717) is 0 Å². The first-order chi connectivity index (χ1) is 7.77. The Labute approximate surface area is 100 Å². The van der Waals surface area contributed by atoms with Gasteiger partial charge in [-0.25, -0.2) is 8.78 Å². The second-order valence-corrected chi connectivity index (χ2v) is 5.13. The number of methoxy groups -OCH3 is 1. The van der Waals surface area contributed by atoms with Gasteiger partial charge in [-0.15, -0.1) is 0 Å². The molecule has 0 radical (unpaired) electrons. The first-order valence-electron chi connectivity index (χ1n) is 5.43. The molecule has 1 N–H and O–H groups in total. The minimum Gasteiger partial charge on any atom is -0.386 e. The molecule has 0 aromatic heterocycles. The fourth-order valence-corrected chi connectivity index (χ4v) is 1.86. The van der Waals surface area contributed by atoms with E-state index in [9.17, 15) is 13.9 Å². The van der Waals surface area contributed by atoms with Gasteiger partial charge in [0, 0.05) is 12.7 Å². The van der Waals surface area contributed by atoms with E-state index in [4.69, 9.17) is 4.74 Å². The van der Waals surface area contributed by atoms with Crippen molar-refractivity contribution in [2.45, 2.75) is 33.0 Å². The highest BCUT2D eigenvalue weighted by atomic mass is 19.1. The van der Waals surface area contributed by atoms with E-state index in [1.54, 1.807) is 0 Å². The summed E-state index contributed by atoms with van der Waals surface area (Å²) >= 11 is 0. The van der Waals surface area contributed by atoms with Crippen LogP contribution >= 0.6 is 0 Å². The summed E-state index contributed by atoms with van der Waals surface area (Å²) in [5.41, 5.74) is -0.459. The monoisotopic (exact) mass is 244 g/mol. The largest absolute Gasteiger partial charge is 0.386 e. The Kier molecular flexibility index (Phi) is 4.22. The minimum absolute atomic E-state index is 0.0771. The van der Waals surface area contributed by atoms with Crippen LogP contribution in [0, 0.1) is 17.0 Å². The maximum absolute atomic E-state index is 13.5. The van der Waals surface area contributed by atoms with Crippen LogP contribution in [0.25, 0.3) is 0 Å². The zero-order chi connectivity index (χ0) is 13.2. The maximum Gasteiger partial charge on any atom is 0.129 e. The number of halogens is 2. The molecule has 0 saturated carbocycles. The van der Waals surface area contributed by atoms with Gasteiger partial charge < -0.3 is 9.84 Å². The molecule has 0 bridgehead atoms. The summed E-state index contributed by atoms with van der Waals surface area (Å²) in [5.74, 6) is -1.21. The van der Waals surface area contributed by atoms with Crippen LogP contribution in [0.2, 0.25) is 0 Å². The molecule has 17 heavy (non-hydrogen) atoms. The van der Waals surface area contributed by atoms with E-state index in [1.165, 1.54) is 7.11 Å². The zero-order valence-corrected chi connectivity index (χ0v) is 10.5. The smallest absolute Gasteiger partial charge is 0.129 e. The molecule has 96 valence electrons. The number of aliphatic hydroxyl groups is 1. The summed E-state index contributed by atoms with van der Waals surface area (Å²) in [6.07, 6.45) is -1.81. The van der Waals surface area contributed by atoms with Gasteiger partial charge in [0.1, 0.15) is 17.7 Å². The zero-order valence-electron chi connectivity index (χ0n) is 10.5. The van der Waals surface area contributed by atoms with Gasteiger partial charge in [0.25, 0.3) is 0 Å². The van der Waals surface area contributed by atoms with E-state index >= 15 is 0 Å².